The van der Waals surface area contributed by atoms with Crippen molar-refractivity contribution in [2.45, 2.75) is 78.2 Å². The first kappa shape index (κ1) is 18.3. The largest absolute Gasteiger partial charge is 0.341 e. The fourth-order valence-electron chi connectivity index (χ4n) is 6.97. The van der Waals surface area contributed by atoms with Crippen LogP contribution in [0, 0.1) is 29.1 Å². The van der Waals surface area contributed by atoms with E-state index in [1.807, 2.05) is 9.80 Å². The molecule has 0 N–H and O–H groups in total. The quantitative estimate of drug-likeness (QED) is 0.750. The highest BCUT2D eigenvalue weighted by Crippen LogP contribution is 2.60. The maximum atomic E-state index is 13.7. The third-order valence-electron chi connectivity index (χ3n) is 7.57. The van der Waals surface area contributed by atoms with E-state index in [9.17, 15) is 9.59 Å². The lowest BCUT2D eigenvalue weighted by Gasteiger charge is -2.56. The average molecular weight is 361 g/mol. The Morgan fingerprint density at radius 3 is 2.15 bits per heavy atom. The van der Waals surface area contributed by atoms with Crippen molar-refractivity contribution in [1.82, 2.24) is 9.80 Å². The van der Waals surface area contributed by atoms with Gasteiger partial charge in [-0.25, -0.2) is 0 Å². The second kappa shape index (κ2) is 6.83. The predicted molar refractivity (Wildman–Crippen MR) is 102 cm³/mol. The van der Waals surface area contributed by atoms with Crippen LogP contribution < -0.4 is 0 Å². The Morgan fingerprint density at radius 1 is 1.08 bits per heavy atom. The number of amides is 2. The lowest BCUT2D eigenvalue weighted by molar-refractivity contribution is -0.162. The van der Waals surface area contributed by atoms with E-state index in [0.29, 0.717) is 11.8 Å². The Hall–Kier alpha value is -1.06. The predicted octanol–water partition coefficient (Wildman–Crippen LogP) is 3.70. The highest BCUT2D eigenvalue weighted by molar-refractivity contribution is 5.91. The number of carbonyl (C=O) groups is 2. The van der Waals surface area contributed by atoms with Gasteiger partial charge in [0.2, 0.25) is 11.8 Å². The molecule has 2 amide bonds. The minimum Gasteiger partial charge on any atom is -0.341 e. The van der Waals surface area contributed by atoms with Crippen molar-refractivity contribution in [2.24, 2.45) is 29.1 Å². The molecule has 26 heavy (non-hydrogen) atoms. The number of hydrogen-bond donors (Lipinski definition) is 0. The van der Waals surface area contributed by atoms with E-state index < -0.39 is 0 Å². The van der Waals surface area contributed by atoms with E-state index in [0.717, 1.165) is 69.5 Å². The topological polar surface area (TPSA) is 40.6 Å². The summed E-state index contributed by atoms with van der Waals surface area (Å²) in [4.78, 5) is 30.9. The highest BCUT2D eigenvalue weighted by atomic mass is 16.2. The Labute approximate surface area is 158 Å². The molecule has 1 heterocycles. The summed E-state index contributed by atoms with van der Waals surface area (Å²) in [5.74, 6) is 3.32. The SMILES string of the molecule is CCN(CC(C)C)C(=O)C1CCCN1C(=O)C12CC3CC(CC(C3)C1)C2. The molecule has 0 spiro atoms. The summed E-state index contributed by atoms with van der Waals surface area (Å²) in [5.41, 5.74) is -0.118. The van der Waals surface area contributed by atoms with Crippen molar-refractivity contribution in [3.05, 3.63) is 0 Å². The van der Waals surface area contributed by atoms with Gasteiger partial charge in [-0.1, -0.05) is 13.8 Å². The Morgan fingerprint density at radius 2 is 1.65 bits per heavy atom. The molecule has 4 nitrogen and oxygen atoms in total. The summed E-state index contributed by atoms with van der Waals surface area (Å²) in [6.07, 6.45) is 9.18. The van der Waals surface area contributed by atoms with Crippen LogP contribution in [-0.4, -0.2) is 47.3 Å². The van der Waals surface area contributed by atoms with Gasteiger partial charge in [-0.15, -0.1) is 0 Å². The monoisotopic (exact) mass is 360 g/mol. The van der Waals surface area contributed by atoms with Crippen molar-refractivity contribution >= 4 is 11.8 Å². The third kappa shape index (κ3) is 3.07. The molecule has 0 aromatic carbocycles. The second-order valence-electron chi connectivity index (χ2n) is 10.1. The molecule has 0 aromatic rings. The fraction of sp³-hybridized carbons (Fsp3) is 0.909. The van der Waals surface area contributed by atoms with Crippen LogP contribution in [0.15, 0.2) is 0 Å². The Balaban J connectivity index is 1.51. The minimum absolute atomic E-state index is 0.118. The number of likely N-dealkylation sites (N-methyl/N-ethyl adjacent to an activating group) is 1. The van der Waals surface area contributed by atoms with Gasteiger partial charge in [-0.2, -0.15) is 0 Å². The van der Waals surface area contributed by atoms with Crippen molar-refractivity contribution in [3.8, 4) is 0 Å². The number of carbonyl (C=O) groups excluding carboxylic acids is 2. The molecular weight excluding hydrogens is 324 g/mol. The van der Waals surface area contributed by atoms with Crippen LogP contribution in [0.3, 0.4) is 0 Å². The molecule has 1 aliphatic heterocycles. The third-order valence-corrected chi connectivity index (χ3v) is 7.57. The molecule has 4 saturated carbocycles. The summed E-state index contributed by atoms with van der Waals surface area (Å²) in [6.45, 7) is 8.70. The summed E-state index contributed by atoms with van der Waals surface area (Å²) >= 11 is 0. The smallest absolute Gasteiger partial charge is 0.245 e. The van der Waals surface area contributed by atoms with Crippen LogP contribution in [0.25, 0.3) is 0 Å². The van der Waals surface area contributed by atoms with E-state index in [1.54, 1.807) is 0 Å². The fourth-order valence-corrected chi connectivity index (χ4v) is 6.97. The summed E-state index contributed by atoms with van der Waals surface area (Å²) < 4.78 is 0. The summed E-state index contributed by atoms with van der Waals surface area (Å²) in [5, 5.41) is 0. The molecule has 1 atom stereocenters. The minimum atomic E-state index is -0.200. The van der Waals surface area contributed by atoms with E-state index in [4.69, 9.17) is 0 Å². The van der Waals surface area contributed by atoms with Gasteiger partial charge in [0.05, 0.1) is 5.41 Å². The summed E-state index contributed by atoms with van der Waals surface area (Å²) in [7, 11) is 0. The number of likely N-dealkylation sites (tertiary alicyclic amines) is 1. The van der Waals surface area contributed by atoms with Crippen LogP contribution in [0.2, 0.25) is 0 Å². The van der Waals surface area contributed by atoms with E-state index in [1.165, 1.54) is 19.3 Å². The zero-order chi connectivity index (χ0) is 18.5. The maximum absolute atomic E-state index is 13.7. The Kier molecular flexibility index (Phi) is 4.81. The molecule has 4 heteroatoms. The van der Waals surface area contributed by atoms with Gasteiger partial charge in [0.15, 0.2) is 0 Å². The molecule has 4 aliphatic carbocycles. The van der Waals surface area contributed by atoms with Crippen LogP contribution in [0.4, 0.5) is 0 Å². The van der Waals surface area contributed by atoms with Crippen LogP contribution in [-0.2, 0) is 9.59 Å². The maximum Gasteiger partial charge on any atom is 0.245 e. The molecule has 5 aliphatic rings. The molecule has 5 rings (SSSR count). The molecule has 4 bridgehead atoms. The van der Waals surface area contributed by atoms with Gasteiger partial charge in [-0.05, 0) is 82.0 Å². The van der Waals surface area contributed by atoms with Crippen LogP contribution >= 0.6 is 0 Å². The first-order valence-corrected chi connectivity index (χ1v) is 11.0. The lowest BCUT2D eigenvalue weighted by Crippen LogP contribution is -2.57. The zero-order valence-electron chi connectivity index (χ0n) is 16.9. The summed E-state index contributed by atoms with van der Waals surface area (Å²) in [6, 6.07) is -0.200. The molecular formula is C22H36N2O2. The van der Waals surface area contributed by atoms with Crippen molar-refractivity contribution in [1.29, 1.82) is 0 Å². The average Bonchev–Trinajstić information content (AvgIpc) is 3.06. The number of hydrogen-bond acceptors (Lipinski definition) is 2. The van der Waals surface area contributed by atoms with Gasteiger partial charge in [0.1, 0.15) is 6.04 Å². The van der Waals surface area contributed by atoms with Crippen molar-refractivity contribution in [3.63, 3.8) is 0 Å². The normalized spacial score (nSPS) is 38.2. The van der Waals surface area contributed by atoms with Crippen LogP contribution in [0.1, 0.15) is 72.1 Å². The van der Waals surface area contributed by atoms with Gasteiger partial charge in [0.25, 0.3) is 0 Å². The zero-order valence-corrected chi connectivity index (χ0v) is 16.9. The first-order chi connectivity index (χ1) is 12.4. The first-order valence-electron chi connectivity index (χ1n) is 11.0. The van der Waals surface area contributed by atoms with Gasteiger partial charge >= 0.3 is 0 Å². The molecule has 1 unspecified atom stereocenters. The molecule has 1 saturated heterocycles. The Bertz CT molecular complexity index is 535. The number of nitrogens with zero attached hydrogens (tertiary/aromatic N) is 2. The number of rotatable bonds is 5. The van der Waals surface area contributed by atoms with Crippen LogP contribution in [0.5, 0.6) is 0 Å². The van der Waals surface area contributed by atoms with Gasteiger partial charge in [0, 0.05) is 19.6 Å². The standard InChI is InChI=1S/C22H36N2O2/c1-4-23(14-15(2)3)20(25)19-6-5-7-24(19)21(26)22-11-16-8-17(12-22)10-18(9-16)13-22/h15-19H,4-14H2,1-3H3. The van der Waals surface area contributed by atoms with E-state index >= 15 is 0 Å². The van der Waals surface area contributed by atoms with E-state index in [-0.39, 0.29) is 17.4 Å². The van der Waals surface area contributed by atoms with Gasteiger partial charge < -0.3 is 9.80 Å². The molecule has 146 valence electrons. The highest BCUT2D eigenvalue weighted by Gasteiger charge is 2.56. The lowest BCUT2D eigenvalue weighted by atomic mass is 9.49. The van der Waals surface area contributed by atoms with Crippen molar-refractivity contribution < 1.29 is 9.59 Å². The molecule has 0 radical (unpaired) electrons. The van der Waals surface area contributed by atoms with E-state index in [2.05, 4.69) is 20.8 Å². The van der Waals surface area contributed by atoms with Gasteiger partial charge in [-0.3, -0.25) is 9.59 Å². The second-order valence-corrected chi connectivity index (χ2v) is 10.1. The molecule has 5 fully saturated rings. The molecule has 0 aromatic heterocycles. The van der Waals surface area contributed by atoms with Crippen molar-refractivity contribution in [2.75, 3.05) is 19.6 Å².